The first-order valence-electron chi connectivity index (χ1n) is 9.55. The van der Waals surface area contributed by atoms with E-state index in [1.807, 2.05) is 29.0 Å². The second-order valence-corrected chi connectivity index (χ2v) is 8.58. The number of carbonyl (C=O) groups excluding carboxylic acids is 2. The monoisotopic (exact) mass is 358 g/mol. The predicted molar refractivity (Wildman–Crippen MR) is 102 cm³/mol. The fourth-order valence-corrected chi connectivity index (χ4v) is 3.53. The Bertz CT molecular complexity index is 661. The Hall–Kier alpha value is -2.11. The molecule has 2 fully saturated rings. The average molecular weight is 358 g/mol. The van der Waals surface area contributed by atoms with Crippen molar-refractivity contribution < 1.29 is 9.59 Å². The highest BCUT2D eigenvalue weighted by Crippen LogP contribution is 2.29. The van der Waals surface area contributed by atoms with E-state index in [0.29, 0.717) is 18.7 Å². The quantitative estimate of drug-likeness (QED) is 0.899. The molecular formula is C20H30N4O2. The Kier molecular flexibility index (Phi) is 5.21. The molecule has 0 aromatic carbocycles. The van der Waals surface area contributed by atoms with Crippen molar-refractivity contribution in [2.75, 3.05) is 25.5 Å². The average Bonchev–Trinajstić information content (AvgIpc) is 3.01. The Labute approximate surface area is 156 Å². The van der Waals surface area contributed by atoms with E-state index in [2.05, 4.69) is 31.1 Å². The number of pyridine rings is 1. The number of nitrogens with zero attached hydrogens (tertiary/aromatic N) is 3. The standard InChI is InChI=1S/C20H30N4O2/c1-20(2,3)22-17-9-8-15(12-21-17)19(26)24-11-10-16(13-24)23(4)18(25)14-6-5-7-14/h8-9,12,14,16H,5-7,10-11,13H2,1-4H3,(H,21,22). The highest BCUT2D eigenvalue weighted by molar-refractivity contribution is 5.94. The van der Waals surface area contributed by atoms with Crippen molar-refractivity contribution in [3.8, 4) is 0 Å². The van der Waals surface area contributed by atoms with E-state index in [0.717, 1.165) is 31.5 Å². The van der Waals surface area contributed by atoms with Gasteiger partial charge < -0.3 is 15.1 Å². The molecule has 0 spiro atoms. The SMILES string of the molecule is CN(C(=O)C1CCC1)C1CCN(C(=O)c2ccc(NC(C)(C)C)nc2)C1. The van der Waals surface area contributed by atoms with E-state index in [-0.39, 0.29) is 29.3 Å². The van der Waals surface area contributed by atoms with Crippen molar-refractivity contribution in [1.82, 2.24) is 14.8 Å². The van der Waals surface area contributed by atoms with E-state index >= 15 is 0 Å². The van der Waals surface area contributed by atoms with Crippen LogP contribution in [0.2, 0.25) is 0 Å². The van der Waals surface area contributed by atoms with Crippen LogP contribution in [-0.4, -0.2) is 58.3 Å². The minimum absolute atomic E-state index is 0.00759. The second kappa shape index (κ2) is 7.25. The zero-order chi connectivity index (χ0) is 18.9. The molecule has 2 aliphatic rings. The fraction of sp³-hybridized carbons (Fsp3) is 0.650. The lowest BCUT2D eigenvalue weighted by Gasteiger charge is -2.32. The molecule has 1 unspecified atom stereocenters. The van der Waals surface area contributed by atoms with E-state index < -0.39 is 0 Å². The van der Waals surface area contributed by atoms with Crippen LogP contribution in [0.5, 0.6) is 0 Å². The molecule has 1 atom stereocenters. The lowest BCUT2D eigenvalue weighted by atomic mass is 9.84. The fourth-order valence-electron chi connectivity index (χ4n) is 3.53. The van der Waals surface area contributed by atoms with Gasteiger partial charge in [-0.2, -0.15) is 0 Å². The minimum atomic E-state index is -0.0712. The summed E-state index contributed by atoms with van der Waals surface area (Å²) in [5.41, 5.74) is 0.524. The van der Waals surface area contributed by atoms with Gasteiger partial charge in [0.1, 0.15) is 5.82 Å². The maximum atomic E-state index is 12.7. The summed E-state index contributed by atoms with van der Waals surface area (Å²) in [6, 6.07) is 3.79. The molecule has 142 valence electrons. The number of likely N-dealkylation sites (tertiary alicyclic amines) is 1. The Morgan fingerprint density at radius 2 is 1.96 bits per heavy atom. The molecule has 1 aromatic heterocycles. The molecule has 1 saturated carbocycles. The number of rotatable bonds is 4. The van der Waals surface area contributed by atoms with Gasteiger partial charge in [0, 0.05) is 37.8 Å². The maximum Gasteiger partial charge on any atom is 0.255 e. The number of aromatic nitrogens is 1. The first-order chi connectivity index (χ1) is 12.2. The van der Waals surface area contributed by atoms with Crippen molar-refractivity contribution >= 4 is 17.6 Å². The van der Waals surface area contributed by atoms with Gasteiger partial charge in [0.05, 0.1) is 11.6 Å². The lowest BCUT2D eigenvalue weighted by Crippen LogP contribution is -2.44. The number of hydrogen-bond acceptors (Lipinski definition) is 4. The summed E-state index contributed by atoms with van der Waals surface area (Å²) < 4.78 is 0. The van der Waals surface area contributed by atoms with Gasteiger partial charge in [-0.25, -0.2) is 4.98 Å². The van der Waals surface area contributed by atoms with Crippen LogP contribution in [0, 0.1) is 5.92 Å². The van der Waals surface area contributed by atoms with Gasteiger partial charge in [-0.1, -0.05) is 6.42 Å². The second-order valence-electron chi connectivity index (χ2n) is 8.58. The molecule has 1 N–H and O–H groups in total. The van der Waals surface area contributed by atoms with Gasteiger partial charge in [0.15, 0.2) is 0 Å². The highest BCUT2D eigenvalue weighted by Gasteiger charge is 2.35. The van der Waals surface area contributed by atoms with Crippen molar-refractivity contribution in [2.24, 2.45) is 5.92 Å². The van der Waals surface area contributed by atoms with Crippen molar-refractivity contribution in [3.05, 3.63) is 23.9 Å². The molecule has 26 heavy (non-hydrogen) atoms. The van der Waals surface area contributed by atoms with Crippen molar-refractivity contribution in [3.63, 3.8) is 0 Å². The maximum absolute atomic E-state index is 12.7. The van der Waals surface area contributed by atoms with Crippen LogP contribution in [0.3, 0.4) is 0 Å². The van der Waals surface area contributed by atoms with Gasteiger partial charge >= 0.3 is 0 Å². The van der Waals surface area contributed by atoms with Gasteiger partial charge in [0.25, 0.3) is 5.91 Å². The van der Waals surface area contributed by atoms with Gasteiger partial charge in [-0.15, -0.1) is 0 Å². The smallest absolute Gasteiger partial charge is 0.255 e. The third-order valence-corrected chi connectivity index (χ3v) is 5.31. The molecule has 0 radical (unpaired) electrons. The third-order valence-electron chi connectivity index (χ3n) is 5.31. The van der Waals surface area contributed by atoms with E-state index in [1.54, 1.807) is 6.20 Å². The normalized spacial score (nSPS) is 20.6. The molecule has 3 rings (SSSR count). The van der Waals surface area contributed by atoms with Crippen LogP contribution < -0.4 is 5.32 Å². The molecule has 1 aliphatic carbocycles. The summed E-state index contributed by atoms with van der Waals surface area (Å²) in [5, 5.41) is 3.29. The number of amides is 2. The molecule has 0 bridgehead atoms. The van der Waals surface area contributed by atoms with Gasteiger partial charge in [-0.05, 0) is 52.2 Å². The predicted octanol–water partition coefficient (Wildman–Crippen LogP) is 2.77. The Balaban J connectivity index is 1.58. The van der Waals surface area contributed by atoms with Crippen LogP contribution >= 0.6 is 0 Å². The number of likely N-dealkylation sites (N-methyl/N-ethyl adjacent to an activating group) is 1. The van der Waals surface area contributed by atoms with Gasteiger partial charge in [0.2, 0.25) is 5.91 Å². The molecular weight excluding hydrogens is 328 g/mol. The highest BCUT2D eigenvalue weighted by atomic mass is 16.2. The number of hydrogen-bond donors (Lipinski definition) is 1. The molecule has 6 nitrogen and oxygen atoms in total. The van der Waals surface area contributed by atoms with E-state index in [4.69, 9.17) is 0 Å². The molecule has 2 amide bonds. The largest absolute Gasteiger partial charge is 0.365 e. The van der Waals surface area contributed by atoms with E-state index in [9.17, 15) is 9.59 Å². The Morgan fingerprint density at radius 3 is 2.50 bits per heavy atom. The number of anilines is 1. The zero-order valence-electron chi connectivity index (χ0n) is 16.3. The Morgan fingerprint density at radius 1 is 1.23 bits per heavy atom. The van der Waals surface area contributed by atoms with Crippen molar-refractivity contribution in [1.29, 1.82) is 0 Å². The summed E-state index contributed by atoms with van der Waals surface area (Å²) >= 11 is 0. The topological polar surface area (TPSA) is 65.5 Å². The molecule has 1 aliphatic heterocycles. The summed E-state index contributed by atoms with van der Waals surface area (Å²) in [4.78, 5) is 33.2. The number of carbonyl (C=O) groups is 2. The number of nitrogens with one attached hydrogen (secondary N) is 1. The van der Waals surface area contributed by atoms with E-state index in [1.165, 1.54) is 0 Å². The van der Waals surface area contributed by atoms with Crippen molar-refractivity contribution in [2.45, 2.75) is 58.0 Å². The molecule has 1 aromatic rings. The summed E-state index contributed by atoms with van der Waals surface area (Å²) in [5.74, 6) is 1.21. The van der Waals surface area contributed by atoms with Gasteiger partial charge in [-0.3, -0.25) is 9.59 Å². The molecule has 2 heterocycles. The van der Waals surface area contributed by atoms with Crippen LogP contribution in [0.25, 0.3) is 0 Å². The van der Waals surface area contributed by atoms with Crippen LogP contribution in [0.15, 0.2) is 18.3 Å². The minimum Gasteiger partial charge on any atom is -0.365 e. The summed E-state index contributed by atoms with van der Waals surface area (Å²) in [6.45, 7) is 7.50. The molecule has 1 saturated heterocycles. The zero-order valence-corrected chi connectivity index (χ0v) is 16.3. The summed E-state index contributed by atoms with van der Waals surface area (Å²) in [6.07, 6.45) is 5.66. The van der Waals surface area contributed by atoms with Crippen LogP contribution in [-0.2, 0) is 4.79 Å². The lowest BCUT2D eigenvalue weighted by molar-refractivity contribution is -0.138. The third kappa shape index (κ3) is 4.17. The first-order valence-corrected chi connectivity index (χ1v) is 9.55. The van der Waals surface area contributed by atoms with Crippen LogP contribution in [0.4, 0.5) is 5.82 Å². The van der Waals surface area contributed by atoms with Crippen LogP contribution in [0.1, 0.15) is 56.8 Å². The summed E-state index contributed by atoms with van der Waals surface area (Å²) in [7, 11) is 1.88. The first kappa shape index (κ1) is 18.7. The molecule has 6 heteroatoms.